The lowest BCUT2D eigenvalue weighted by Gasteiger charge is -2.37. The second kappa shape index (κ2) is 10.6. The molecule has 1 aromatic rings. The Balaban J connectivity index is 2.05. The molecule has 9 heteroatoms. The minimum Gasteiger partial charge on any atom is -0.497 e. The summed E-state index contributed by atoms with van der Waals surface area (Å²) in [4.78, 5) is 41.6. The molecule has 178 valence electrons. The van der Waals surface area contributed by atoms with Gasteiger partial charge in [0.1, 0.15) is 23.1 Å². The third-order valence-corrected chi connectivity index (χ3v) is 5.08. The van der Waals surface area contributed by atoms with Crippen LogP contribution in [0.1, 0.15) is 45.0 Å². The summed E-state index contributed by atoms with van der Waals surface area (Å²) in [6.45, 7) is 10.7. The maximum absolute atomic E-state index is 13.2. The number of methoxy groups -OCH3 is 2. The molecule has 1 aromatic carbocycles. The van der Waals surface area contributed by atoms with Crippen LogP contribution < -0.4 is 14.8 Å². The largest absolute Gasteiger partial charge is 0.497 e. The maximum Gasteiger partial charge on any atom is 0.410 e. The molecule has 1 saturated heterocycles. The summed E-state index contributed by atoms with van der Waals surface area (Å²) in [6.07, 6.45) is -0.384. The third-order valence-electron chi connectivity index (χ3n) is 5.08. The highest BCUT2D eigenvalue weighted by Crippen LogP contribution is 2.23. The van der Waals surface area contributed by atoms with Gasteiger partial charge in [0.25, 0.3) is 5.91 Å². The van der Waals surface area contributed by atoms with Crippen molar-refractivity contribution in [3.05, 3.63) is 23.8 Å². The number of carbonyl (C=O) groups excluding carboxylic acids is 3. The zero-order valence-electron chi connectivity index (χ0n) is 20.1. The molecule has 0 radical (unpaired) electrons. The average Bonchev–Trinajstić information content (AvgIpc) is 2.75. The lowest BCUT2D eigenvalue weighted by Crippen LogP contribution is -2.57. The first-order valence-electron chi connectivity index (χ1n) is 10.8. The van der Waals surface area contributed by atoms with Crippen molar-refractivity contribution in [2.75, 3.05) is 40.4 Å². The van der Waals surface area contributed by atoms with E-state index in [0.29, 0.717) is 43.2 Å². The minimum absolute atomic E-state index is 0.122. The Labute approximate surface area is 190 Å². The molecular weight excluding hydrogens is 414 g/mol. The van der Waals surface area contributed by atoms with Crippen molar-refractivity contribution >= 4 is 17.9 Å². The first-order valence-corrected chi connectivity index (χ1v) is 10.8. The highest BCUT2D eigenvalue weighted by atomic mass is 16.6. The SMILES string of the molecule is COc1cc(OC)cc(C(=O)NC(C(=O)N2CCN(C(=O)OC(C)(C)C)CC2)C(C)C)c1. The average molecular weight is 450 g/mol. The molecule has 32 heavy (non-hydrogen) atoms. The van der Waals surface area contributed by atoms with Gasteiger partial charge in [-0.25, -0.2) is 4.79 Å². The molecule has 1 aliphatic heterocycles. The van der Waals surface area contributed by atoms with E-state index in [1.807, 2.05) is 34.6 Å². The fraction of sp³-hybridized carbons (Fsp3) is 0.609. The summed E-state index contributed by atoms with van der Waals surface area (Å²) in [5.74, 6) is 0.289. The van der Waals surface area contributed by atoms with Gasteiger partial charge >= 0.3 is 6.09 Å². The van der Waals surface area contributed by atoms with Crippen LogP contribution >= 0.6 is 0 Å². The van der Waals surface area contributed by atoms with Gasteiger partial charge in [-0.3, -0.25) is 9.59 Å². The van der Waals surface area contributed by atoms with E-state index in [1.54, 1.807) is 28.0 Å². The number of piperazine rings is 1. The minimum atomic E-state index is -0.701. The normalized spacial score (nSPS) is 15.2. The van der Waals surface area contributed by atoms with Crippen LogP contribution in [-0.2, 0) is 9.53 Å². The Morgan fingerprint density at radius 2 is 1.41 bits per heavy atom. The van der Waals surface area contributed by atoms with E-state index in [4.69, 9.17) is 14.2 Å². The molecule has 1 fully saturated rings. The van der Waals surface area contributed by atoms with Crippen molar-refractivity contribution in [1.82, 2.24) is 15.1 Å². The van der Waals surface area contributed by atoms with E-state index < -0.39 is 11.6 Å². The first-order chi connectivity index (χ1) is 14.9. The summed E-state index contributed by atoms with van der Waals surface area (Å²) in [7, 11) is 3.02. The number of rotatable bonds is 6. The summed E-state index contributed by atoms with van der Waals surface area (Å²) >= 11 is 0. The molecule has 9 nitrogen and oxygen atoms in total. The van der Waals surface area contributed by atoms with Crippen molar-refractivity contribution < 1.29 is 28.6 Å². The Morgan fingerprint density at radius 1 is 0.906 bits per heavy atom. The summed E-state index contributed by atoms with van der Waals surface area (Å²) in [5, 5.41) is 2.85. The van der Waals surface area contributed by atoms with Crippen LogP contribution in [0.4, 0.5) is 4.79 Å². The predicted molar refractivity (Wildman–Crippen MR) is 120 cm³/mol. The zero-order chi connectivity index (χ0) is 24.1. The number of amides is 3. The van der Waals surface area contributed by atoms with Crippen molar-refractivity contribution in [3.63, 3.8) is 0 Å². The summed E-state index contributed by atoms with van der Waals surface area (Å²) < 4.78 is 15.9. The molecule has 2 rings (SSSR count). The third kappa shape index (κ3) is 6.77. The van der Waals surface area contributed by atoms with Crippen LogP contribution in [0.3, 0.4) is 0 Å². The standard InChI is InChI=1S/C23H35N3O6/c1-15(2)19(24-20(27)16-12-17(30-6)14-18(13-16)31-7)21(28)25-8-10-26(11-9-25)22(29)32-23(3,4)5/h12-15,19H,8-11H2,1-7H3,(H,24,27). The first kappa shape index (κ1) is 25.3. The molecule has 1 unspecified atom stereocenters. The van der Waals surface area contributed by atoms with Crippen LogP contribution in [-0.4, -0.2) is 79.7 Å². The molecular formula is C23H35N3O6. The molecule has 3 amide bonds. The van der Waals surface area contributed by atoms with Gasteiger partial charge in [0.2, 0.25) is 5.91 Å². The van der Waals surface area contributed by atoms with Gasteiger partial charge in [0.15, 0.2) is 0 Å². The molecule has 0 bridgehead atoms. The van der Waals surface area contributed by atoms with Crippen LogP contribution in [0.2, 0.25) is 0 Å². The Hall–Kier alpha value is -2.97. The number of nitrogens with zero attached hydrogens (tertiary/aromatic N) is 2. The molecule has 0 spiro atoms. The Morgan fingerprint density at radius 3 is 1.84 bits per heavy atom. The Bertz CT molecular complexity index is 803. The van der Waals surface area contributed by atoms with Gasteiger partial charge in [-0.2, -0.15) is 0 Å². The van der Waals surface area contributed by atoms with E-state index in [1.165, 1.54) is 14.2 Å². The van der Waals surface area contributed by atoms with E-state index in [0.717, 1.165) is 0 Å². The fourth-order valence-corrected chi connectivity index (χ4v) is 3.31. The van der Waals surface area contributed by atoms with E-state index in [-0.39, 0.29) is 23.8 Å². The topological polar surface area (TPSA) is 97.4 Å². The second-order valence-corrected chi connectivity index (χ2v) is 9.09. The highest BCUT2D eigenvalue weighted by molar-refractivity contribution is 5.98. The lowest BCUT2D eigenvalue weighted by molar-refractivity contribution is -0.136. The zero-order valence-corrected chi connectivity index (χ0v) is 20.1. The molecule has 1 heterocycles. The van der Waals surface area contributed by atoms with Crippen molar-refractivity contribution in [2.45, 2.75) is 46.3 Å². The van der Waals surface area contributed by atoms with Crippen LogP contribution in [0.15, 0.2) is 18.2 Å². The van der Waals surface area contributed by atoms with Crippen LogP contribution in [0, 0.1) is 5.92 Å². The number of ether oxygens (including phenoxy) is 3. The van der Waals surface area contributed by atoms with E-state index >= 15 is 0 Å². The molecule has 0 saturated carbocycles. The van der Waals surface area contributed by atoms with Crippen molar-refractivity contribution in [2.24, 2.45) is 5.92 Å². The van der Waals surface area contributed by atoms with Crippen molar-refractivity contribution in [1.29, 1.82) is 0 Å². The quantitative estimate of drug-likeness (QED) is 0.717. The molecule has 1 aliphatic rings. The summed E-state index contributed by atoms with van der Waals surface area (Å²) in [6, 6.07) is 4.16. The van der Waals surface area contributed by atoms with Crippen molar-refractivity contribution in [3.8, 4) is 11.5 Å². The maximum atomic E-state index is 13.2. The monoisotopic (exact) mass is 449 g/mol. The van der Waals surface area contributed by atoms with Crippen LogP contribution in [0.5, 0.6) is 11.5 Å². The fourth-order valence-electron chi connectivity index (χ4n) is 3.31. The van der Waals surface area contributed by atoms with E-state index in [9.17, 15) is 14.4 Å². The summed E-state index contributed by atoms with van der Waals surface area (Å²) in [5.41, 5.74) is -0.228. The second-order valence-electron chi connectivity index (χ2n) is 9.09. The van der Waals surface area contributed by atoms with Gasteiger partial charge in [-0.15, -0.1) is 0 Å². The Kier molecular flexibility index (Phi) is 8.35. The lowest BCUT2D eigenvalue weighted by atomic mass is 10.0. The number of hydrogen-bond acceptors (Lipinski definition) is 6. The highest BCUT2D eigenvalue weighted by Gasteiger charge is 2.33. The number of nitrogens with one attached hydrogen (secondary N) is 1. The van der Waals surface area contributed by atoms with Gasteiger partial charge in [0, 0.05) is 37.8 Å². The number of hydrogen-bond donors (Lipinski definition) is 1. The smallest absolute Gasteiger partial charge is 0.410 e. The van der Waals surface area contributed by atoms with Crippen LogP contribution in [0.25, 0.3) is 0 Å². The molecule has 0 aliphatic carbocycles. The van der Waals surface area contributed by atoms with Gasteiger partial charge in [0.05, 0.1) is 14.2 Å². The molecule has 1 N–H and O–H groups in total. The predicted octanol–water partition coefficient (Wildman–Crippen LogP) is 2.54. The number of carbonyl (C=O) groups is 3. The number of benzene rings is 1. The molecule has 1 atom stereocenters. The van der Waals surface area contributed by atoms with Gasteiger partial charge in [-0.05, 0) is 38.8 Å². The molecule has 0 aromatic heterocycles. The van der Waals surface area contributed by atoms with E-state index in [2.05, 4.69) is 5.32 Å². The van der Waals surface area contributed by atoms with Gasteiger partial charge in [-0.1, -0.05) is 13.8 Å². The van der Waals surface area contributed by atoms with Gasteiger partial charge < -0.3 is 29.3 Å².